The minimum Gasteiger partial charge on any atom is -0.490 e. The molecule has 1 aromatic carbocycles. The number of guanidine groups is 1. The fourth-order valence-corrected chi connectivity index (χ4v) is 3.59. The number of aliphatic imine (C=N–C) groups is 1. The first-order chi connectivity index (χ1) is 15.9. The largest absolute Gasteiger partial charge is 0.490 e. The Morgan fingerprint density at radius 3 is 2.91 bits per heavy atom. The first kappa shape index (κ1) is 25.6. The summed E-state index contributed by atoms with van der Waals surface area (Å²) in [5, 5.41) is 11.0. The molecule has 2 aromatic rings. The fourth-order valence-electron chi connectivity index (χ4n) is 3.59. The van der Waals surface area contributed by atoms with Crippen LogP contribution in [0.4, 0.5) is 5.69 Å². The second-order valence-corrected chi connectivity index (χ2v) is 7.83. The van der Waals surface area contributed by atoms with Crippen LogP contribution in [0, 0.1) is 0 Å². The number of fused-ring (bicyclic) bond motifs is 1. The first-order valence-electron chi connectivity index (χ1n) is 11.5. The lowest BCUT2D eigenvalue weighted by molar-refractivity contribution is 0.0171. The third-order valence-corrected chi connectivity index (χ3v) is 5.25. The lowest BCUT2D eigenvalue weighted by Gasteiger charge is -2.15. The Bertz CT molecular complexity index is 843. The van der Waals surface area contributed by atoms with Crippen molar-refractivity contribution in [3.05, 3.63) is 36.7 Å². The molecule has 1 fully saturated rings. The molecule has 10 heteroatoms. The van der Waals surface area contributed by atoms with Crippen LogP contribution in [0.2, 0.25) is 0 Å². The van der Waals surface area contributed by atoms with E-state index in [0.29, 0.717) is 45.5 Å². The molecule has 1 atom stereocenters. The van der Waals surface area contributed by atoms with Gasteiger partial charge in [0.1, 0.15) is 0 Å². The molecule has 2 N–H and O–H groups in total. The van der Waals surface area contributed by atoms with Gasteiger partial charge >= 0.3 is 0 Å². The predicted molar refractivity (Wildman–Crippen MR) is 138 cm³/mol. The standard InChI is InChI=1S/C23H33N5O4.HI/c1-5-20(30-14-1)18-29-13-3-8-24-23(25-10-12-28-11-2-9-26-28)27-19-6-7-21-22(17-19)32-16-4-15-31-21;/h2,6-7,9,11,17,20H,1,3-5,8,10,12-16,18H2,(H2,24,25,27);1H. The second-order valence-electron chi connectivity index (χ2n) is 7.83. The zero-order valence-electron chi connectivity index (χ0n) is 18.9. The van der Waals surface area contributed by atoms with Gasteiger partial charge in [0.15, 0.2) is 17.5 Å². The van der Waals surface area contributed by atoms with E-state index in [2.05, 4.69) is 15.7 Å². The number of nitrogens with one attached hydrogen (secondary N) is 2. The molecule has 0 bridgehead atoms. The topological polar surface area (TPSA) is 91.2 Å². The molecule has 2 aliphatic rings. The minimum absolute atomic E-state index is 0. The molecule has 182 valence electrons. The average molecular weight is 571 g/mol. The summed E-state index contributed by atoms with van der Waals surface area (Å²) in [5.41, 5.74) is 0.897. The number of rotatable bonds is 10. The SMILES string of the molecule is I.c1cnn(CCNC(=NCCCOCC2CCCO2)Nc2ccc3c(c2)OCCCO3)c1. The van der Waals surface area contributed by atoms with Gasteiger partial charge in [-0.25, -0.2) is 0 Å². The molecule has 2 aliphatic heterocycles. The minimum atomic E-state index is 0. The van der Waals surface area contributed by atoms with Gasteiger partial charge in [-0.05, 0) is 37.5 Å². The normalized spacial score (nSPS) is 17.8. The summed E-state index contributed by atoms with van der Waals surface area (Å²) in [6.45, 7) is 5.65. The fraction of sp³-hybridized carbons (Fsp3) is 0.565. The van der Waals surface area contributed by atoms with Gasteiger partial charge in [0.05, 0.1) is 32.5 Å². The number of aromatic nitrogens is 2. The Labute approximate surface area is 212 Å². The molecule has 0 aliphatic carbocycles. The van der Waals surface area contributed by atoms with Crippen molar-refractivity contribution in [2.45, 2.75) is 38.3 Å². The maximum absolute atomic E-state index is 5.80. The summed E-state index contributed by atoms with van der Waals surface area (Å²) >= 11 is 0. The van der Waals surface area contributed by atoms with E-state index in [1.54, 1.807) is 6.20 Å². The smallest absolute Gasteiger partial charge is 0.195 e. The van der Waals surface area contributed by atoms with Crippen LogP contribution in [0.25, 0.3) is 0 Å². The number of hydrogen-bond acceptors (Lipinski definition) is 6. The summed E-state index contributed by atoms with van der Waals surface area (Å²) < 4.78 is 24.7. The average Bonchev–Trinajstić information content (AvgIpc) is 3.47. The zero-order valence-corrected chi connectivity index (χ0v) is 21.2. The van der Waals surface area contributed by atoms with Gasteiger partial charge in [-0.3, -0.25) is 9.67 Å². The molecule has 0 radical (unpaired) electrons. The van der Waals surface area contributed by atoms with Gasteiger partial charge in [0.25, 0.3) is 0 Å². The molecule has 0 amide bonds. The van der Waals surface area contributed by atoms with Crippen LogP contribution in [0.15, 0.2) is 41.7 Å². The van der Waals surface area contributed by atoms with Crippen LogP contribution in [0.3, 0.4) is 0 Å². The highest BCUT2D eigenvalue weighted by molar-refractivity contribution is 14.0. The molecular weight excluding hydrogens is 537 g/mol. The van der Waals surface area contributed by atoms with E-state index in [0.717, 1.165) is 56.0 Å². The van der Waals surface area contributed by atoms with Crippen LogP contribution in [0.5, 0.6) is 11.5 Å². The third-order valence-electron chi connectivity index (χ3n) is 5.25. The highest BCUT2D eigenvalue weighted by Gasteiger charge is 2.15. The van der Waals surface area contributed by atoms with Crippen molar-refractivity contribution in [3.63, 3.8) is 0 Å². The Morgan fingerprint density at radius 1 is 1.18 bits per heavy atom. The number of hydrogen-bond donors (Lipinski definition) is 2. The Morgan fingerprint density at radius 2 is 2.09 bits per heavy atom. The van der Waals surface area contributed by atoms with Gasteiger partial charge in [0, 0.05) is 56.9 Å². The van der Waals surface area contributed by atoms with Crippen molar-refractivity contribution in [1.82, 2.24) is 15.1 Å². The zero-order chi connectivity index (χ0) is 21.8. The Kier molecular flexibility index (Phi) is 11.1. The molecule has 4 rings (SSSR count). The number of benzene rings is 1. The van der Waals surface area contributed by atoms with Crippen LogP contribution < -0.4 is 20.1 Å². The summed E-state index contributed by atoms with van der Waals surface area (Å²) in [6.07, 6.45) is 7.95. The maximum Gasteiger partial charge on any atom is 0.195 e. The Hall–Kier alpha value is -2.05. The van der Waals surface area contributed by atoms with Crippen LogP contribution >= 0.6 is 24.0 Å². The second kappa shape index (κ2) is 14.3. The first-order valence-corrected chi connectivity index (χ1v) is 11.5. The van der Waals surface area contributed by atoms with Gasteiger partial charge in [0.2, 0.25) is 0 Å². The Balaban J connectivity index is 0.00000306. The summed E-state index contributed by atoms with van der Waals surface area (Å²) in [4.78, 5) is 4.72. The lowest BCUT2D eigenvalue weighted by Crippen LogP contribution is -2.33. The van der Waals surface area contributed by atoms with Crippen molar-refractivity contribution in [2.75, 3.05) is 51.4 Å². The molecule has 1 unspecified atom stereocenters. The molecule has 3 heterocycles. The molecule has 1 aromatic heterocycles. The summed E-state index contributed by atoms with van der Waals surface area (Å²) in [7, 11) is 0. The van der Waals surface area contributed by atoms with Gasteiger partial charge < -0.3 is 29.6 Å². The lowest BCUT2D eigenvalue weighted by atomic mass is 10.2. The molecule has 33 heavy (non-hydrogen) atoms. The van der Waals surface area contributed by atoms with Gasteiger partial charge in [-0.2, -0.15) is 5.10 Å². The van der Waals surface area contributed by atoms with E-state index >= 15 is 0 Å². The maximum atomic E-state index is 5.80. The third kappa shape index (κ3) is 8.67. The van der Waals surface area contributed by atoms with Crippen LogP contribution in [0.1, 0.15) is 25.7 Å². The van der Waals surface area contributed by atoms with Gasteiger partial charge in [-0.1, -0.05) is 0 Å². The highest BCUT2D eigenvalue weighted by atomic mass is 127. The molecule has 0 saturated carbocycles. The monoisotopic (exact) mass is 571 g/mol. The summed E-state index contributed by atoms with van der Waals surface area (Å²) in [5.74, 6) is 2.25. The number of halogens is 1. The van der Waals surface area contributed by atoms with E-state index in [1.807, 2.05) is 35.1 Å². The van der Waals surface area contributed by atoms with Crippen molar-refractivity contribution in [3.8, 4) is 11.5 Å². The number of ether oxygens (including phenoxy) is 4. The van der Waals surface area contributed by atoms with E-state index < -0.39 is 0 Å². The number of nitrogens with zero attached hydrogens (tertiary/aromatic N) is 3. The molecular formula is C23H34IN5O4. The molecule has 1 saturated heterocycles. The van der Waals surface area contributed by atoms with Crippen LogP contribution in [-0.4, -0.2) is 68.0 Å². The van der Waals surface area contributed by atoms with Crippen molar-refractivity contribution < 1.29 is 18.9 Å². The highest BCUT2D eigenvalue weighted by Crippen LogP contribution is 2.32. The van der Waals surface area contributed by atoms with Crippen molar-refractivity contribution >= 4 is 35.6 Å². The molecule has 9 nitrogen and oxygen atoms in total. The van der Waals surface area contributed by atoms with Crippen molar-refractivity contribution in [1.29, 1.82) is 0 Å². The molecule has 0 spiro atoms. The van der Waals surface area contributed by atoms with E-state index in [9.17, 15) is 0 Å². The van der Waals surface area contributed by atoms with Crippen molar-refractivity contribution in [2.24, 2.45) is 4.99 Å². The van der Waals surface area contributed by atoms with Crippen LogP contribution in [-0.2, 0) is 16.0 Å². The quantitative estimate of drug-likeness (QED) is 0.196. The van der Waals surface area contributed by atoms with E-state index in [-0.39, 0.29) is 30.1 Å². The van der Waals surface area contributed by atoms with E-state index in [1.165, 1.54) is 0 Å². The van der Waals surface area contributed by atoms with E-state index in [4.69, 9.17) is 23.9 Å². The predicted octanol–water partition coefficient (Wildman–Crippen LogP) is 3.31. The number of anilines is 1. The summed E-state index contributed by atoms with van der Waals surface area (Å²) in [6, 6.07) is 7.78. The van der Waals surface area contributed by atoms with Gasteiger partial charge in [-0.15, -0.1) is 24.0 Å².